The van der Waals surface area contributed by atoms with Gasteiger partial charge in [0.1, 0.15) is 5.82 Å². The third-order valence-electron chi connectivity index (χ3n) is 1.47. The minimum Gasteiger partial charge on any atom is -0.411 e. The van der Waals surface area contributed by atoms with Crippen LogP contribution in [0.15, 0.2) is 23.4 Å². The Labute approximate surface area is 74.3 Å². The molecule has 0 radical (unpaired) electrons. The van der Waals surface area contributed by atoms with Crippen LogP contribution in [0, 0.1) is 5.82 Å². The van der Waals surface area contributed by atoms with Crippen molar-refractivity contribution in [1.82, 2.24) is 0 Å². The molecule has 0 heterocycles. The van der Waals surface area contributed by atoms with Gasteiger partial charge < -0.3 is 5.21 Å². The Morgan fingerprint density at radius 1 is 1.58 bits per heavy atom. The van der Waals surface area contributed by atoms with Gasteiger partial charge in [0.05, 0.1) is 5.71 Å². The first-order valence-electron chi connectivity index (χ1n) is 3.29. The van der Waals surface area contributed by atoms with E-state index in [-0.39, 0.29) is 0 Å². The number of hydrogen-bond donors (Lipinski definition) is 1. The first-order valence-corrected chi connectivity index (χ1v) is 3.67. The summed E-state index contributed by atoms with van der Waals surface area (Å²) in [5.41, 5.74) is 0.693. The molecule has 0 aliphatic heterocycles. The summed E-state index contributed by atoms with van der Waals surface area (Å²) in [5.74, 6) is -0.405. The predicted molar refractivity (Wildman–Crippen MR) is 45.4 cm³/mol. The molecule has 0 aliphatic carbocycles. The molecule has 1 N–H and O–H groups in total. The van der Waals surface area contributed by atoms with E-state index in [2.05, 4.69) is 5.16 Å². The standard InChI is InChI=1S/C8H7ClFNO/c1-5(11-12)7-4-6(10)2-3-8(7)9/h2-4,12H,1H3/b11-5-. The van der Waals surface area contributed by atoms with Crippen LogP contribution in [0.2, 0.25) is 5.02 Å². The van der Waals surface area contributed by atoms with Gasteiger partial charge in [-0.15, -0.1) is 0 Å². The van der Waals surface area contributed by atoms with Crippen molar-refractivity contribution in [1.29, 1.82) is 0 Å². The van der Waals surface area contributed by atoms with E-state index < -0.39 is 5.82 Å². The molecular weight excluding hydrogens is 181 g/mol. The second-order valence-corrected chi connectivity index (χ2v) is 2.72. The zero-order chi connectivity index (χ0) is 9.14. The Bertz CT molecular complexity index is 325. The molecule has 0 unspecified atom stereocenters. The van der Waals surface area contributed by atoms with E-state index in [1.807, 2.05) is 0 Å². The molecule has 12 heavy (non-hydrogen) atoms. The van der Waals surface area contributed by atoms with Crippen LogP contribution >= 0.6 is 11.6 Å². The summed E-state index contributed by atoms with van der Waals surface area (Å²) in [7, 11) is 0. The lowest BCUT2D eigenvalue weighted by atomic mass is 10.1. The maximum atomic E-state index is 12.6. The number of nitrogens with zero attached hydrogens (tertiary/aromatic N) is 1. The van der Waals surface area contributed by atoms with Crippen LogP contribution in [-0.2, 0) is 0 Å². The average Bonchev–Trinajstić information content (AvgIpc) is 2.08. The molecule has 0 fully saturated rings. The summed E-state index contributed by atoms with van der Waals surface area (Å²) < 4.78 is 12.6. The van der Waals surface area contributed by atoms with Crippen LogP contribution in [0.3, 0.4) is 0 Å². The highest BCUT2D eigenvalue weighted by Gasteiger charge is 2.04. The summed E-state index contributed by atoms with van der Waals surface area (Å²) in [6.45, 7) is 1.54. The van der Waals surface area contributed by atoms with Crippen molar-refractivity contribution >= 4 is 17.3 Å². The quantitative estimate of drug-likeness (QED) is 0.409. The molecule has 0 spiro atoms. The van der Waals surface area contributed by atoms with Gasteiger partial charge in [0.15, 0.2) is 0 Å². The van der Waals surface area contributed by atoms with E-state index >= 15 is 0 Å². The van der Waals surface area contributed by atoms with Crippen LogP contribution in [0.1, 0.15) is 12.5 Å². The van der Waals surface area contributed by atoms with Gasteiger partial charge in [-0.3, -0.25) is 0 Å². The minimum absolute atomic E-state index is 0.291. The van der Waals surface area contributed by atoms with Crippen molar-refractivity contribution in [3.05, 3.63) is 34.6 Å². The Kier molecular flexibility index (Phi) is 2.65. The number of oxime groups is 1. The molecule has 0 atom stereocenters. The summed E-state index contributed by atoms with van der Waals surface area (Å²) in [5, 5.41) is 11.7. The van der Waals surface area contributed by atoms with E-state index in [1.165, 1.54) is 18.2 Å². The fraction of sp³-hybridized carbons (Fsp3) is 0.125. The largest absolute Gasteiger partial charge is 0.411 e. The molecule has 0 saturated heterocycles. The summed E-state index contributed by atoms with van der Waals surface area (Å²) in [6.07, 6.45) is 0. The maximum Gasteiger partial charge on any atom is 0.123 e. The van der Waals surface area contributed by atoms with E-state index in [1.54, 1.807) is 6.92 Å². The summed E-state index contributed by atoms with van der Waals surface area (Å²) >= 11 is 5.71. The van der Waals surface area contributed by atoms with Gasteiger partial charge in [-0.25, -0.2) is 4.39 Å². The van der Waals surface area contributed by atoms with Gasteiger partial charge in [-0.05, 0) is 25.1 Å². The summed E-state index contributed by atoms with van der Waals surface area (Å²) in [6, 6.07) is 3.88. The van der Waals surface area contributed by atoms with Gasteiger partial charge >= 0.3 is 0 Å². The van der Waals surface area contributed by atoms with Crippen molar-refractivity contribution in [3.8, 4) is 0 Å². The Morgan fingerprint density at radius 2 is 2.25 bits per heavy atom. The molecule has 1 aromatic rings. The van der Waals surface area contributed by atoms with Gasteiger partial charge in [0, 0.05) is 10.6 Å². The monoisotopic (exact) mass is 187 g/mol. The molecule has 0 amide bonds. The van der Waals surface area contributed by atoms with Crippen LogP contribution < -0.4 is 0 Å². The predicted octanol–water partition coefficient (Wildman–Crippen LogP) is 2.68. The average molecular weight is 188 g/mol. The fourth-order valence-electron chi connectivity index (χ4n) is 0.829. The summed E-state index contributed by atoms with van der Waals surface area (Å²) in [4.78, 5) is 0. The third kappa shape index (κ3) is 1.74. The molecule has 1 aromatic carbocycles. The van der Waals surface area contributed by atoms with Crippen molar-refractivity contribution < 1.29 is 9.60 Å². The van der Waals surface area contributed by atoms with Gasteiger partial charge in [-0.2, -0.15) is 0 Å². The molecule has 0 aliphatic rings. The van der Waals surface area contributed by atoms with E-state index in [9.17, 15) is 4.39 Å². The van der Waals surface area contributed by atoms with Gasteiger partial charge in [0.25, 0.3) is 0 Å². The highest BCUT2D eigenvalue weighted by molar-refractivity contribution is 6.34. The lowest BCUT2D eigenvalue weighted by Gasteiger charge is -2.00. The highest BCUT2D eigenvalue weighted by atomic mass is 35.5. The molecule has 4 heteroatoms. The van der Waals surface area contributed by atoms with E-state index in [0.717, 1.165) is 0 Å². The van der Waals surface area contributed by atoms with Crippen molar-refractivity contribution in [2.75, 3.05) is 0 Å². The molecule has 0 aromatic heterocycles. The Balaban J connectivity index is 3.23. The minimum atomic E-state index is -0.405. The molecule has 0 saturated carbocycles. The normalized spacial score (nSPS) is 11.8. The van der Waals surface area contributed by atoms with Crippen molar-refractivity contribution in [2.24, 2.45) is 5.16 Å². The number of halogens is 2. The molecule has 64 valence electrons. The Hall–Kier alpha value is -1.09. The van der Waals surface area contributed by atoms with Crippen LogP contribution in [-0.4, -0.2) is 10.9 Å². The molecule has 0 bridgehead atoms. The number of benzene rings is 1. The molecule has 1 rings (SSSR count). The molecule has 2 nitrogen and oxygen atoms in total. The smallest absolute Gasteiger partial charge is 0.123 e. The zero-order valence-corrected chi connectivity index (χ0v) is 7.14. The second-order valence-electron chi connectivity index (χ2n) is 2.31. The van der Waals surface area contributed by atoms with Crippen LogP contribution in [0.5, 0.6) is 0 Å². The van der Waals surface area contributed by atoms with Gasteiger partial charge in [0.2, 0.25) is 0 Å². The fourth-order valence-corrected chi connectivity index (χ4v) is 1.08. The lowest BCUT2D eigenvalue weighted by Crippen LogP contribution is -1.96. The number of rotatable bonds is 1. The Morgan fingerprint density at radius 3 is 2.83 bits per heavy atom. The van der Waals surface area contributed by atoms with E-state index in [0.29, 0.717) is 16.3 Å². The van der Waals surface area contributed by atoms with Crippen LogP contribution in [0.4, 0.5) is 4.39 Å². The lowest BCUT2D eigenvalue weighted by molar-refractivity contribution is 0.319. The van der Waals surface area contributed by atoms with Crippen LogP contribution in [0.25, 0.3) is 0 Å². The highest BCUT2D eigenvalue weighted by Crippen LogP contribution is 2.17. The van der Waals surface area contributed by atoms with E-state index in [4.69, 9.17) is 16.8 Å². The number of hydrogen-bond acceptors (Lipinski definition) is 2. The first-order chi connectivity index (χ1) is 5.65. The van der Waals surface area contributed by atoms with Crippen molar-refractivity contribution in [3.63, 3.8) is 0 Å². The second kappa shape index (κ2) is 3.54. The topological polar surface area (TPSA) is 32.6 Å². The third-order valence-corrected chi connectivity index (χ3v) is 1.80. The van der Waals surface area contributed by atoms with Crippen molar-refractivity contribution in [2.45, 2.75) is 6.92 Å². The molecular formula is C8H7ClFNO. The maximum absolute atomic E-state index is 12.6. The SMILES string of the molecule is C/C(=N/O)c1cc(F)ccc1Cl. The first kappa shape index (κ1) is 9.00. The zero-order valence-electron chi connectivity index (χ0n) is 6.38. The van der Waals surface area contributed by atoms with Gasteiger partial charge in [-0.1, -0.05) is 16.8 Å².